The SMILES string of the molecule is CC(=O)N1CCc2c(c(-c3cccc(OC(F)(F)F)c3)nn2[C@H]2c3cc(F)cc(F)c3C[C@H]2O)C1. The molecule has 0 bridgehead atoms. The van der Waals surface area contributed by atoms with Gasteiger partial charge in [0.15, 0.2) is 0 Å². The first-order chi connectivity index (χ1) is 16.5. The molecule has 0 fully saturated rings. The Labute approximate surface area is 196 Å². The maximum Gasteiger partial charge on any atom is 0.573 e. The van der Waals surface area contributed by atoms with E-state index < -0.39 is 35.9 Å². The lowest BCUT2D eigenvalue weighted by Gasteiger charge is -2.28. The van der Waals surface area contributed by atoms with Crippen LogP contribution in [-0.4, -0.2) is 44.7 Å². The Kier molecular flexibility index (Phi) is 5.54. The van der Waals surface area contributed by atoms with Gasteiger partial charge in [0.05, 0.1) is 11.8 Å². The second-order valence-corrected chi connectivity index (χ2v) is 8.66. The summed E-state index contributed by atoms with van der Waals surface area (Å²) in [6.45, 7) is 1.92. The Morgan fingerprint density at radius 2 is 1.94 bits per heavy atom. The van der Waals surface area contributed by atoms with Gasteiger partial charge in [-0.25, -0.2) is 8.78 Å². The number of hydrogen-bond donors (Lipinski definition) is 1. The van der Waals surface area contributed by atoms with E-state index in [-0.39, 0.29) is 30.0 Å². The number of benzene rings is 2. The summed E-state index contributed by atoms with van der Waals surface area (Å²) in [6.07, 6.45) is -5.67. The van der Waals surface area contributed by atoms with Crippen LogP contribution in [0.25, 0.3) is 11.3 Å². The first-order valence-corrected chi connectivity index (χ1v) is 10.9. The highest BCUT2D eigenvalue weighted by Gasteiger charge is 2.39. The average Bonchev–Trinajstić information content (AvgIpc) is 3.29. The highest BCUT2D eigenvalue weighted by molar-refractivity contribution is 5.75. The van der Waals surface area contributed by atoms with Crippen LogP contribution in [0.15, 0.2) is 36.4 Å². The molecular weight excluding hydrogens is 473 g/mol. The van der Waals surface area contributed by atoms with Crippen molar-refractivity contribution in [2.24, 2.45) is 0 Å². The van der Waals surface area contributed by atoms with Crippen LogP contribution in [0.3, 0.4) is 0 Å². The summed E-state index contributed by atoms with van der Waals surface area (Å²) in [6, 6.07) is 6.32. The van der Waals surface area contributed by atoms with Gasteiger partial charge in [-0.05, 0) is 29.3 Å². The monoisotopic (exact) mass is 493 g/mol. The minimum atomic E-state index is -4.88. The zero-order valence-corrected chi connectivity index (χ0v) is 18.4. The van der Waals surface area contributed by atoms with E-state index in [1.165, 1.54) is 23.7 Å². The minimum absolute atomic E-state index is 0.0371. The molecule has 3 aromatic rings. The van der Waals surface area contributed by atoms with Gasteiger partial charge < -0.3 is 14.7 Å². The molecule has 2 atom stereocenters. The number of carbonyl (C=O) groups excluding carboxylic acids is 1. The molecule has 5 rings (SSSR count). The molecular formula is C24H20F5N3O3. The average molecular weight is 493 g/mol. The number of alkyl halides is 3. The first kappa shape index (κ1) is 23.3. The van der Waals surface area contributed by atoms with E-state index in [9.17, 15) is 31.9 Å². The Morgan fingerprint density at radius 3 is 2.66 bits per heavy atom. The molecule has 2 heterocycles. The zero-order chi connectivity index (χ0) is 25.1. The molecule has 1 aromatic heterocycles. The summed E-state index contributed by atoms with van der Waals surface area (Å²) in [5.74, 6) is -2.17. The van der Waals surface area contributed by atoms with Crippen molar-refractivity contribution >= 4 is 5.91 Å². The number of nitrogens with zero attached hydrogens (tertiary/aromatic N) is 3. The van der Waals surface area contributed by atoms with E-state index >= 15 is 0 Å². The highest BCUT2D eigenvalue weighted by Crippen LogP contribution is 2.41. The molecule has 6 nitrogen and oxygen atoms in total. The Morgan fingerprint density at radius 1 is 1.17 bits per heavy atom. The molecule has 1 N–H and O–H groups in total. The van der Waals surface area contributed by atoms with Gasteiger partial charge in [0, 0.05) is 55.7 Å². The highest BCUT2D eigenvalue weighted by atomic mass is 19.4. The van der Waals surface area contributed by atoms with E-state index in [1.807, 2.05) is 0 Å². The number of fused-ring (bicyclic) bond motifs is 2. The molecule has 35 heavy (non-hydrogen) atoms. The van der Waals surface area contributed by atoms with Crippen LogP contribution in [0.4, 0.5) is 22.0 Å². The molecule has 0 saturated heterocycles. The van der Waals surface area contributed by atoms with E-state index in [0.717, 1.165) is 18.2 Å². The third-order valence-electron chi connectivity index (χ3n) is 6.43. The number of hydrogen-bond acceptors (Lipinski definition) is 4. The molecule has 1 amide bonds. The van der Waals surface area contributed by atoms with Crippen LogP contribution in [-0.2, 0) is 24.2 Å². The van der Waals surface area contributed by atoms with Crippen molar-refractivity contribution in [3.8, 4) is 17.0 Å². The van der Waals surface area contributed by atoms with Crippen molar-refractivity contribution in [2.75, 3.05) is 6.54 Å². The molecule has 184 valence electrons. The molecule has 2 aliphatic rings. The number of aromatic nitrogens is 2. The molecule has 2 aromatic carbocycles. The number of aliphatic hydroxyl groups excluding tert-OH is 1. The Hall–Kier alpha value is -3.47. The van der Waals surface area contributed by atoms with Gasteiger partial charge >= 0.3 is 6.36 Å². The molecule has 1 aliphatic carbocycles. The molecule has 11 heteroatoms. The van der Waals surface area contributed by atoms with Gasteiger partial charge in [-0.1, -0.05) is 12.1 Å². The molecule has 1 aliphatic heterocycles. The number of amides is 1. The first-order valence-electron chi connectivity index (χ1n) is 10.9. The van der Waals surface area contributed by atoms with Gasteiger partial charge in [0.1, 0.15) is 23.4 Å². The zero-order valence-electron chi connectivity index (χ0n) is 18.4. The van der Waals surface area contributed by atoms with Gasteiger partial charge in [0.25, 0.3) is 0 Å². The topological polar surface area (TPSA) is 67.6 Å². The number of halogens is 5. The van der Waals surface area contributed by atoms with Crippen LogP contribution in [0.5, 0.6) is 5.75 Å². The van der Waals surface area contributed by atoms with E-state index in [2.05, 4.69) is 9.84 Å². The van der Waals surface area contributed by atoms with Gasteiger partial charge in [-0.2, -0.15) is 5.10 Å². The van der Waals surface area contributed by atoms with Crippen LogP contribution in [0.2, 0.25) is 0 Å². The van der Waals surface area contributed by atoms with Crippen LogP contribution in [0, 0.1) is 11.6 Å². The minimum Gasteiger partial charge on any atom is -0.406 e. The summed E-state index contributed by atoms with van der Waals surface area (Å²) in [7, 11) is 0. The lowest BCUT2D eigenvalue weighted by atomic mass is 9.99. The molecule has 0 unspecified atom stereocenters. The molecule has 0 spiro atoms. The summed E-state index contributed by atoms with van der Waals surface area (Å²) in [4.78, 5) is 13.6. The molecule has 0 saturated carbocycles. The Bertz CT molecular complexity index is 1320. The quantitative estimate of drug-likeness (QED) is 0.557. The van der Waals surface area contributed by atoms with Crippen molar-refractivity contribution in [2.45, 2.75) is 44.8 Å². The third-order valence-corrected chi connectivity index (χ3v) is 6.43. The number of ether oxygens (including phenoxy) is 1. The van der Waals surface area contributed by atoms with Gasteiger partial charge in [-0.15, -0.1) is 13.2 Å². The maximum absolute atomic E-state index is 14.4. The van der Waals surface area contributed by atoms with Crippen molar-refractivity contribution in [3.05, 3.63) is 70.4 Å². The van der Waals surface area contributed by atoms with E-state index in [4.69, 9.17) is 0 Å². The second kappa shape index (κ2) is 8.33. The second-order valence-electron chi connectivity index (χ2n) is 8.66. The fourth-order valence-corrected chi connectivity index (χ4v) is 4.94. The lowest BCUT2D eigenvalue weighted by molar-refractivity contribution is -0.274. The number of rotatable bonds is 3. The summed E-state index contributed by atoms with van der Waals surface area (Å²) in [5, 5.41) is 15.4. The predicted octanol–water partition coefficient (Wildman–Crippen LogP) is 4.14. The maximum atomic E-state index is 14.4. The van der Waals surface area contributed by atoms with Crippen molar-refractivity contribution in [3.63, 3.8) is 0 Å². The van der Waals surface area contributed by atoms with Crippen LogP contribution < -0.4 is 4.74 Å². The fraction of sp³-hybridized carbons (Fsp3) is 0.333. The Balaban J connectivity index is 1.66. The summed E-state index contributed by atoms with van der Waals surface area (Å²) in [5.41, 5.74) is 2.29. The summed E-state index contributed by atoms with van der Waals surface area (Å²) >= 11 is 0. The van der Waals surface area contributed by atoms with Gasteiger partial charge in [0.2, 0.25) is 5.91 Å². The van der Waals surface area contributed by atoms with Crippen LogP contribution in [0.1, 0.15) is 35.3 Å². The van der Waals surface area contributed by atoms with Gasteiger partial charge in [-0.3, -0.25) is 9.48 Å². The van der Waals surface area contributed by atoms with Crippen LogP contribution >= 0.6 is 0 Å². The summed E-state index contributed by atoms with van der Waals surface area (Å²) < 4.78 is 72.3. The molecule has 0 radical (unpaired) electrons. The van der Waals surface area contributed by atoms with E-state index in [0.29, 0.717) is 35.5 Å². The number of aliphatic hydroxyl groups is 1. The van der Waals surface area contributed by atoms with Crippen molar-refractivity contribution < 1.29 is 36.6 Å². The normalized spacial score (nSPS) is 19.5. The fourth-order valence-electron chi connectivity index (χ4n) is 4.94. The predicted molar refractivity (Wildman–Crippen MR) is 113 cm³/mol. The van der Waals surface area contributed by atoms with Crippen molar-refractivity contribution in [1.82, 2.24) is 14.7 Å². The third kappa shape index (κ3) is 4.24. The van der Waals surface area contributed by atoms with E-state index in [1.54, 1.807) is 11.0 Å². The lowest BCUT2D eigenvalue weighted by Crippen LogP contribution is -2.35. The largest absolute Gasteiger partial charge is 0.573 e. The standard InChI is InChI=1S/C24H20F5N3O3/c1-12(33)31-6-5-20-18(11-31)22(13-3-2-4-15(7-13)35-24(27,28)29)30-32(20)23-17-8-14(25)9-19(26)16(17)10-21(23)34/h2-4,7-9,21,23,34H,5-6,10-11H2,1H3/t21-,23+/m1/s1. The smallest absolute Gasteiger partial charge is 0.406 e. The number of carbonyl (C=O) groups is 1. The van der Waals surface area contributed by atoms with Crippen molar-refractivity contribution in [1.29, 1.82) is 0 Å².